The summed E-state index contributed by atoms with van der Waals surface area (Å²) >= 11 is 0. The molecule has 102 valence electrons. The maximum absolute atomic E-state index is 3.63. The molecule has 1 N–H and O–H groups in total. The molecule has 0 bridgehead atoms. The topological polar surface area (TPSA) is 12.0 Å². The zero-order valence-electron chi connectivity index (χ0n) is 12.7. The Morgan fingerprint density at radius 3 is 2.22 bits per heavy atom. The molecule has 0 heterocycles. The highest BCUT2D eigenvalue weighted by molar-refractivity contribution is 5.19. The van der Waals surface area contributed by atoms with Crippen LogP contribution < -0.4 is 5.32 Å². The molecule has 0 aliphatic carbocycles. The van der Waals surface area contributed by atoms with Gasteiger partial charge in [0.15, 0.2) is 0 Å². The highest BCUT2D eigenvalue weighted by atomic mass is 14.9. The van der Waals surface area contributed by atoms with E-state index < -0.39 is 0 Å². The first kappa shape index (κ1) is 15.2. The second-order valence-corrected chi connectivity index (χ2v) is 6.52. The molecule has 1 aromatic carbocycles. The van der Waals surface area contributed by atoms with E-state index in [0.717, 1.165) is 6.54 Å². The molecule has 18 heavy (non-hydrogen) atoms. The lowest BCUT2D eigenvalue weighted by atomic mass is 9.83. The van der Waals surface area contributed by atoms with E-state index in [9.17, 15) is 0 Å². The maximum Gasteiger partial charge on any atom is 0.0345 e. The van der Waals surface area contributed by atoms with Gasteiger partial charge in [0.25, 0.3) is 0 Å². The van der Waals surface area contributed by atoms with Crippen LogP contribution in [0.2, 0.25) is 0 Å². The summed E-state index contributed by atoms with van der Waals surface area (Å²) in [6, 6.07) is 11.3. The van der Waals surface area contributed by atoms with Crippen LogP contribution in [0.3, 0.4) is 0 Å². The van der Waals surface area contributed by atoms with Crippen LogP contribution in [0.4, 0.5) is 0 Å². The van der Waals surface area contributed by atoms with Crippen molar-refractivity contribution in [3.63, 3.8) is 0 Å². The summed E-state index contributed by atoms with van der Waals surface area (Å²) in [6.45, 7) is 12.6. The molecule has 0 aromatic heterocycles. The van der Waals surface area contributed by atoms with Gasteiger partial charge in [0, 0.05) is 6.04 Å². The summed E-state index contributed by atoms with van der Waals surface area (Å²) < 4.78 is 0. The summed E-state index contributed by atoms with van der Waals surface area (Å²) in [6.07, 6.45) is 2.55. The van der Waals surface area contributed by atoms with Crippen molar-refractivity contribution in [3.05, 3.63) is 35.9 Å². The Hall–Kier alpha value is -0.820. The molecule has 1 heteroatoms. The fourth-order valence-corrected chi connectivity index (χ4v) is 2.36. The van der Waals surface area contributed by atoms with Crippen molar-refractivity contribution in [1.82, 2.24) is 5.32 Å². The van der Waals surface area contributed by atoms with Crippen LogP contribution in [0.15, 0.2) is 30.3 Å². The fourth-order valence-electron chi connectivity index (χ4n) is 2.36. The summed E-state index contributed by atoms with van der Waals surface area (Å²) in [5, 5.41) is 3.63. The third-order valence-electron chi connectivity index (χ3n) is 3.50. The summed E-state index contributed by atoms with van der Waals surface area (Å²) in [7, 11) is 0. The standard InChI is InChI=1S/C17H29N/c1-6-18-16(15-10-8-7-9-11-15)14(2)12-13-17(3,4)5/h7-11,14,16,18H,6,12-13H2,1-5H3. The lowest BCUT2D eigenvalue weighted by Crippen LogP contribution is -2.27. The van der Waals surface area contributed by atoms with Crippen LogP contribution >= 0.6 is 0 Å². The second-order valence-electron chi connectivity index (χ2n) is 6.52. The predicted molar refractivity (Wildman–Crippen MR) is 80.7 cm³/mol. The third-order valence-corrected chi connectivity index (χ3v) is 3.50. The Bertz CT molecular complexity index is 323. The van der Waals surface area contributed by atoms with E-state index >= 15 is 0 Å². The van der Waals surface area contributed by atoms with Gasteiger partial charge in [0.2, 0.25) is 0 Å². The minimum absolute atomic E-state index is 0.432. The SMILES string of the molecule is CCNC(c1ccccc1)C(C)CCC(C)(C)C. The van der Waals surface area contributed by atoms with Gasteiger partial charge in [-0.2, -0.15) is 0 Å². The minimum Gasteiger partial charge on any atom is -0.310 e. The van der Waals surface area contributed by atoms with Crippen molar-refractivity contribution in [3.8, 4) is 0 Å². The highest BCUT2D eigenvalue weighted by Gasteiger charge is 2.20. The van der Waals surface area contributed by atoms with Crippen molar-refractivity contribution in [2.24, 2.45) is 11.3 Å². The Morgan fingerprint density at radius 2 is 1.72 bits per heavy atom. The molecule has 1 nitrogen and oxygen atoms in total. The molecule has 1 aromatic rings. The van der Waals surface area contributed by atoms with Gasteiger partial charge in [-0.3, -0.25) is 0 Å². The van der Waals surface area contributed by atoms with Crippen LogP contribution in [0.25, 0.3) is 0 Å². The Labute approximate surface area is 113 Å². The van der Waals surface area contributed by atoms with E-state index in [1.54, 1.807) is 0 Å². The molecule has 0 saturated heterocycles. The average molecular weight is 247 g/mol. The van der Waals surface area contributed by atoms with E-state index in [-0.39, 0.29) is 0 Å². The average Bonchev–Trinajstić information content (AvgIpc) is 2.33. The quantitative estimate of drug-likeness (QED) is 0.761. The lowest BCUT2D eigenvalue weighted by molar-refractivity contribution is 0.290. The van der Waals surface area contributed by atoms with Crippen LogP contribution in [-0.4, -0.2) is 6.54 Å². The van der Waals surface area contributed by atoms with Gasteiger partial charge in [-0.1, -0.05) is 65.0 Å². The zero-order chi connectivity index (χ0) is 13.6. The molecule has 0 saturated carbocycles. The van der Waals surface area contributed by atoms with Crippen molar-refractivity contribution < 1.29 is 0 Å². The van der Waals surface area contributed by atoms with E-state index in [1.807, 2.05) is 0 Å². The van der Waals surface area contributed by atoms with Crippen molar-refractivity contribution in [1.29, 1.82) is 0 Å². The smallest absolute Gasteiger partial charge is 0.0345 e. The van der Waals surface area contributed by atoms with Gasteiger partial charge in [-0.05, 0) is 36.3 Å². The molecule has 1 rings (SSSR count). The molecule has 0 fully saturated rings. The molecule has 0 spiro atoms. The zero-order valence-corrected chi connectivity index (χ0v) is 12.7. The molecule has 0 aliphatic rings. The fraction of sp³-hybridized carbons (Fsp3) is 0.647. The van der Waals surface area contributed by atoms with Gasteiger partial charge in [-0.25, -0.2) is 0 Å². The molecule has 2 atom stereocenters. The maximum atomic E-state index is 3.63. The molecule has 0 radical (unpaired) electrons. The number of nitrogens with one attached hydrogen (secondary N) is 1. The van der Waals surface area contributed by atoms with E-state index in [4.69, 9.17) is 0 Å². The predicted octanol–water partition coefficient (Wildman–Crippen LogP) is 4.80. The van der Waals surface area contributed by atoms with E-state index in [0.29, 0.717) is 17.4 Å². The number of rotatable bonds is 6. The lowest BCUT2D eigenvalue weighted by Gasteiger charge is -2.28. The van der Waals surface area contributed by atoms with Crippen molar-refractivity contribution in [2.45, 2.75) is 53.5 Å². The third kappa shape index (κ3) is 5.22. The van der Waals surface area contributed by atoms with Gasteiger partial charge < -0.3 is 5.32 Å². The van der Waals surface area contributed by atoms with Crippen LogP contribution in [0.1, 0.15) is 59.1 Å². The first-order chi connectivity index (χ1) is 8.44. The summed E-state index contributed by atoms with van der Waals surface area (Å²) in [5.41, 5.74) is 1.85. The molecule has 2 unspecified atom stereocenters. The summed E-state index contributed by atoms with van der Waals surface area (Å²) in [4.78, 5) is 0. The normalized spacial score (nSPS) is 15.4. The number of benzene rings is 1. The molecule has 0 amide bonds. The Morgan fingerprint density at radius 1 is 1.11 bits per heavy atom. The molecule has 0 aliphatic heterocycles. The number of hydrogen-bond acceptors (Lipinski definition) is 1. The monoisotopic (exact) mass is 247 g/mol. The molecular weight excluding hydrogens is 218 g/mol. The second kappa shape index (κ2) is 6.94. The van der Waals surface area contributed by atoms with Gasteiger partial charge in [0.05, 0.1) is 0 Å². The number of hydrogen-bond donors (Lipinski definition) is 1. The highest BCUT2D eigenvalue weighted by Crippen LogP contribution is 2.30. The largest absolute Gasteiger partial charge is 0.310 e. The first-order valence-corrected chi connectivity index (χ1v) is 7.22. The minimum atomic E-state index is 0.432. The van der Waals surface area contributed by atoms with Crippen molar-refractivity contribution >= 4 is 0 Å². The summed E-state index contributed by atoms with van der Waals surface area (Å²) in [5.74, 6) is 0.673. The first-order valence-electron chi connectivity index (χ1n) is 7.22. The van der Waals surface area contributed by atoms with E-state index in [2.05, 4.69) is 70.3 Å². The van der Waals surface area contributed by atoms with Gasteiger partial charge in [0.1, 0.15) is 0 Å². The Kier molecular flexibility index (Phi) is 5.87. The van der Waals surface area contributed by atoms with Crippen LogP contribution in [0.5, 0.6) is 0 Å². The van der Waals surface area contributed by atoms with E-state index in [1.165, 1.54) is 18.4 Å². The van der Waals surface area contributed by atoms with Crippen LogP contribution in [0, 0.1) is 11.3 Å². The van der Waals surface area contributed by atoms with Crippen LogP contribution in [-0.2, 0) is 0 Å². The molecular formula is C17H29N. The Balaban J connectivity index is 2.67. The van der Waals surface area contributed by atoms with Crippen molar-refractivity contribution in [2.75, 3.05) is 6.54 Å². The van der Waals surface area contributed by atoms with Gasteiger partial charge in [-0.15, -0.1) is 0 Å². The van der Waals surface area contributed by atoms with Gasteiger partial charge >= 0.3 is 0 Å².